The lowest BCUT2D eigenvalue weighted by Gasteiger charge is -1.95. The molecule has 0 aliphatic rings. The number of aromatic nitrogens is 5. The monoisotopic (exact) mass is 317 g/mol. The van der Waals surface area contributed by atoms with Gasteiger partial charge in [-0.05, 0) is 29.5 Å². The van der Waals surface area contributed by atoms with Gasteiger partial charge in [-0.15, -0.1) is 10.2 Å². The summed E-state index contributed by atoms with van der Waals surface area (Å²) in [6.07, 6.45) is 1.41. The maximum atomic E-state index is 12.9. The molecule has 0 fully saturated rings. The summed E-state index contributed by atoms with van der Waals surface area (Å²) in [4.78, 5) is 16.7. The van der Waals surface area contributed by atoms with E-state index in [1.807, 2.05) is 0 Å². The summed E-state index contributed by atoms with van der Waals surface area (Å²) in [5.74, 6) is -0.135. The van der Waals surface area contributed by atoms with Crippen molar-refractivity contribution in [3.63, 3.8) is 0 Å². The van der Waals surface area contributed by atoms with Crippen LogP contribution < -0.4 is 0 Å². The Morgan fingerprint density at radius 3 is 2.87 bits per heavy atom. The van der Waals surface area contributed by atoms with Crippen LogP contribution in [0.5, 0.6) is 0 Å². The minimum Gasteiger partial charge on any atom is -0.469 e. The number of rotatable bonds is 5. The van der Waals surface area contributed by atoms with Gasteiger partial charge in [0.25, 0.3) is 0 Å². The van der Waals surface area contributed by atoms with E-state index in [9.17, 15) is 9.18 Å². The first-order chi connectivity index (χ1) is 11.1. The van der Waals surface area contributed by atoms with Crippen LogP contribution >= 0.6 is 0 Å². The highest BCUT2D eigenvalue weighted by Gasteiger charge is 2.12. The van der Waals surface area contributed by atoms with Crippen molar-refractivity contribution in [3.8, 4) is 11.5 Å². The van der Waals surface area contributed by atoms with Gasteiger partial charge in [-0.3, -0.25) is 4.79 Å². The van der Waals surface area contributed by atoms with Gasteiger partial charge in [-0.25, -0.2) is 9.37 Å². The fourth-order valence-electron chi connectivity index (χ4n) is 1.86. The molecular formula is C14H12FN5O3. The zero-order valence-electron chi connectivity index (χ0n) is 12.1. The van der Waals surface area contributed by atoms with Gasteiger partial charge in [0.1, 0.15) is 30.7 Å². The van der Waals surface area contributed by atoms with E-state index in [4.69, 9.17) is 4.42 Å². The number of benzene rings is 1. The summed E-state index contributed by atoms with van der Waals surface area (Å²) in [6, 6.07) is 5.81. The van der Waals surface area contributed by atoms with E-state index in [0.717, 1.165) is 0 Å². The Labute approximate surface area is 129 Å². The van der Waals surface area contributed by atoms with Crippen molar-refractivity contribution in [2.24, 2.45) is 0 Å². The molecule has 23 heavy (non-hydrogen) atoms. The summed E-state index contributed by atoms with van der Waals surface area (Å²) in [5.41, 5.74) is 1.24. The summed E-state index contributed by atoms with van der Waals surface area (Å²) in [6.45, 7) is 0.235. The Kier molecular flexibility index (Phi) is 4.09. The fourth-order valence-corrected chi connectivity index (χ4v) is 1.86. The molecule has 0 saturated heterocycles. The van der Waals surface area contributed by atoms with Crippen molar-refractivity contribution in [2.75, 3.05) is 7.11 Å². The van der Waals surface area contributed by atoms with Crippen molar-refractivity contribution in [1.29, 1.82) is 0 Å². The van der Waals surface area contributed by atoms with Gasteiger partial charge in [0.05, 0.1) is 7.11 Å². The Balaban J connectivity index is 1.69. The van der Waals surface area contributed by atoms with Crippen LogP contribution in [0.25, 0.3) is 11.5 Å². The molecule has 2 aromatic heterocycles. The molecule has 0 unspecified atom stereocenters. The van der Waals surface area contributed by atoms with Gasteiger partial charge in [0.2, 0.25) is 5.89 Å². The minimum atomic E-state index is -0.440. The lowest BCUT2D eigenvalue weighted by molar-refractivity contribution is -0.139. The third-order valence-corrected chi connectivity index (χ3v) is 2.97. The standard InChI is InChI=1S/C14H12FN5O3/c1-22-13(21)6-12-17-19-20(18-12)7-11-8-23-14(16-11)9-2-4-10(15)5-3-9/h2-5,8H,6-7H2,1H3. The third-order valence-electron chi connectivity index (χ3n) is 2.97. The first kappa shape index (κ1) is 14.8. The molecule has 0 atom stereocenters. The first-order valence-electron chi connectivity index (χ1n) is 6.68. The van der Waals surface area contributed by atoms with Gasteiger partial charge < -0.3 is 9.15 Å². The molecule has 118 valence electrons. The average Bonchev–Trinajstić information content (AvgIpc) is 3.18. The molecule has 0 aliphatic heterocycles. The summed E-state index contributed by atoms with van der Waals surface area (Å²) in [7, 11) is 1.29. The molecule has 9 heteroatoms. The highest BCUT2D eigenvalue weighted by molar-refractivity contribution is 5.71. The summed E-state index contributed by atoms with van der Waals surface area (Å²) < 4.78 is 22.8. The van der Waals surface area contributed by atoms with Gasteiger partial charge in [-0.1, -0.05) is 0 Å². The van der Waals surface area contributed by atoms with Crippen molar-refractivity contribution in [1.82, 2.24) is 25.2 Å². The number of nitrogens with zero attached hydrogens (tertiary/aromatic N) is 5. The zero-order chi connectivity index (χ0) is 16.2. The van der Waals surface area contributed by atoms with Gasteiger partial charge >= 0.3 is 5.97 Å². The molecular weight excluding hydrogens is 305 g/mol. The Bertz CT molecular complexity index is 812. The van der Waals surface area contributed by atoms with E-state index >= 15 is 0 Å². The number of ether oxygens (including phenoxy) is 1. The number of carbonyl (C=O) groups excluding carboxylic acids is 1. The van der Waals surface area contributed by atoms with Gasteiger partial charge in [0.15, 0.2) is 5.82 Å². The van der Waals surface area contributed by atoms with Crippen LogP contribution in [-0.4, -0.2) is 38.3 Å². The van der Waals surface area contributed by atoms with Crippen LogP contribution in [0, 0.1) is 5.82 Å². The quantitative estimate of drug-likeness (QED) is 0.653. The Morgan fingerprint density at radius 1 is 1.35 bits per heavy atom. The second kappa shape index (κ2) is 6.34. The third kappa shape index (κ3) is 3.57. The molecule has 8 nitrogen and oxygen atoms in total. The van der Waals surface area contributed by atoms with Crippen molar-refractivity contribution < 1.29 is 18.3 Å². The molecule has 0 bridgehead atoms. The van der Waals surface area contributed by atoms with Crippen LogP contribution in [0.1, 0.15) is 11.5 Å². The van der Waals surface area contributed by atoms with Crippen molar-refractivity contribution in [2.45, 2.75) is 13.0 Å². The molecule has 1 aromatic carbocycles. The number of hydrogen-bond acceptors (Lipinski definition) is 7. The average molecular weight is 317 g/mol. The predicted molar refractivity (Wildman–Crippen MR) is 74.5 cm³/mol. The van der Waals surface area contributed by atoms with E-state index in [1.54, 1.807) is 12.1 Å². The molecule has 0 aliphatic carbocycles. The molecule has 0 radical (unpaired) electrons. The Hall–Kier alpha value is -3.10. The second-order valence-corrected chi connectivity index (χ2v) is 4.64. The molecule has 3 rings (SSSR count). The molecule has 2 heterocycles. The topological polar surface area (TPSA) is 95.9 Å². The minimum absolute atomic E-state index is 0.0455. The van der Waals surface area contributed by atoms with E-state index < -0.39 is 5.97 Å². The lowest BCUT2D eigenvalue weighted by Crippen LogP contribution is -2.07. The van der Waals surface area contributed by atoms with Crippen LogP contribution in [0.3, 0.4) is 0 Å². The Morgan fingerprint density at radius 2 is 2.13 bits per heavy atom. The highest BCUT2D eigenvalue weighted by Crippen LogP contribution is 2.19. The lowest BCUT2D eigenvalue weighted by atomic mass is 10.2. The number of tetrazole rings is 1. The predicted octanol–water partition coefficient (Wildman–Crippen LogP) is 1.23. The van der Waals surface area contributed by atoms with Crippen molar-refractivity contribution in [3.05, 3.63) is 47.9 Å². The van der Waals surface area contributed by atoms with E-state index in [0.29, 0.717) is 17.1 Å². The maximum Gasteiger partial charge on any atom is 0.313 e. The number of hydrogen-bond donors (Lipinski definition) is 0. The molecule has 0 amide bonds. The zero-order valence-corrected chi connectivity index (χ0v) is 12.1. The molecule has 3 aromatic rings. The number of halogens is 1. The van der Waals surface area contributed by atoms with Crippen LogP contribution in [-0.2, 0) is 22.5 Å². The maximum absolute atomic E-state index is 12.9. The summed E-state index contributed by atoms with van der Waals surface area (Å²) in [5, 5.41) is 11.6. The van der Waals surface area contributed by atoms with Crippen LogP contribution in [0.15, 0.2) is 34.9 Å². The highest BCUT2D eigenvalue weighted by atomic mass is 19.1. The molecule has 0 saturated carbocycles. The van der Waals surface area contributed by atoms with E-state index in [1.165, 1.54) is 30.3 Å². The van der Waals surface area contributed by atoms with Gasteiger partial charge in [0, 0.05) is 5.56 Å². The number of carbonyl (C=O) groups is 1. The molecule has 0 N–H and O–H groups in total. The fraction of sp³-hybridized carbons (Fsp3) is 0.214. The number of esters is 1. The molecule has 0 spiro atoms. The number of methoxy groups -OCH3 is 1. The van der Waals surface area contributed by atoms with E-state index in [-0.39, 0.29) is 24.6 Å². The van der Waals surface area contributed by atoms with Crippen LogP contribution in [0.2, 0.25) is 0 Å². The number of oxazole rings is 1. The van der Waals surface area contributed by atoms with Gasteiger partial charge in [-0.2, -0.15) is 4.80 Å². The summed E-state index contributed by atoms with van der Waals surface area (Å²) >= 11 is 0. The second-order valence-electron chi connectivity index (χ2n) is 4.64. The SMILES string of the molecule is COC(=O)Cc1nnn(Cc2coc(-c3ccc(F)cc3)n2)n1. The first-order valence-corrected chi connectivity index (χ1v) is 6.68. The normalized spacial score (nSPS) is 10.7. The van der Waals surface area contributed by atoms with E-state index in [2.05, 4.69) is 25.1 Å². The van der Waals surface area contributed by atoms with Crippen LogP contribution in [0.4, 0.5) is 4.39 Å². The smallest absolute Gasteiger partial charge is 0.313 e. The van der Waals surface area contributed by atoms with Crippen molar-refractivity contribution >= 4 is 5.97 Å². The largest absolute Gasteiger partial charge is 0.469 e.